The van der Waals surface area contributed by atoms with Gasteiger partial charge in [0.25, 0.3) is 0 Å². The zero-order valence-electron chi connectivity index (χ0n) is 11.2. The number of halogens is 1. The van der Waals surface area contributed by atoms with Gasteiger partial charge in [-0.3, -0.25) is 0 Å². The molecule has 0 radical (unpaired) electrons. The Morgan fingerprint density at radius 2 is 1.95 bits per heavy atom. The monoisotopic (exact) mass is 333 g/mol. The van der Waals surface area contributed by atoms with Gasteiger partial charge in [-0.1, -0.05) is 34.1 Å². The molecule has 0 aliphatic carbocycles. The molecule has 0 spiro atoms. The van der Waals surface area contributed by atoms with Gasteiger partial charge in [-0.15, -0.1) is 0 Å². The Morgan fingerprint density at radius 3 is 2.65 bits per heavy atom. The van der Waals surface area contributed by atoms with Gasteiger partial charge in [-0.05, 0) is 23.8 Å². The van der Waals surface area contributed by atoms with Crippen LogP contribution in [0.1, 0.15) is 29.7 Å². The van der Waals surface area contributed by atoms with Gasteiger partial charge in [0.1, 0.15) is 17.6 Å². The van der Waals surface area contributed by atoms with Gasteiger partial charge in [0.2, 0.25) is 0 Å². The number of benzene rings is 2. The lowest BCUT2D eigenvalue weighted by Crippen LogP contribution is -2.24. The number of nitrogens with two attached hydrogens (primary N) is 1. The lowest BCUT2D eigenvalue weighted by Gasteiger charge is -2.30. The SMILES string of the molecule is COc1ccc2c(c1)OC(c1ccc(Br)cc1)C[C@@H]2N. The average molecular weight is 334 g/mol. The van der Waals surface area contributed by atoms with Crippen molar-refractivity contribution in [1.29, 1.82) is 0 Å². The van der Waals surface area contributed by atoms with Crippen molar-refractivity contribution in [2.75, 3.05) is 7.11 Å². The molecule has 2 N–H and O–H groups in total. The van der Waals surface area contributed by atoms with Crippen molar-refractivity contribution in [1.82, 2.24) is 0 Å². The summed E-state index contributed by atoms with van der Waals surface area (Å²) in [7, 11) is 1.65. The lowest BCUT2D eigenvalue weighted by molar-refractivity contribution is 0.161. The van der Waals surface area contributed by atoms with Crippen LogP contribution in [0.2, 0.25) is 0 Å². The molecule has 1 aliphatic heterocycles. The number of methoxy groups -OCH3 is 1. The Bertz CT molecular complexity index is 612. The van der Waals surface area contributed by atoms with Crippen molar-refractivity contribution in [2.24, 2.45) is 5.73 Å². The number of fused-ring (bicyclic) bond motifs is 1. The Hall–Kier alpha value is -1.52. The molecule has 104 valence electrons. The molecule has 0 aromatic heterocycles. The van der Waals surface area contributed by atoms with E-state index in [2.05, 4.69) is 28.1 Å². The maximum absolute atomic E-state index is 6.27. The first-order valence-corrected chi connectivity index (χ1v) is 7.32. The summed E-state index contributed by atoms with van der Waals surface area (Å²) in [6, 6.07) is 14.0. The summed E-state index contributed by atoms with van der Waals surface area (Å²) in [6.07, 6.45) is 0.763. The summed E-state index contributed by atoms with van der Waals surface area (Å²) in [5.41, 5.74) is 8.44. The average Bonchev–Trinajstić information content (AvgIpc) is 2.47. The summed E-state index contributed by atoms with van der Waals surface area (Å²) in [5.74, 6) is 1.60. The van der Waals surface area contributed by atoms with Gasteiger partial charge in [0, 0.05) is 28.6 Å². The van der Waals surface area contributed by atoms with E-state index < -0.39 is 0 Å². The molecule has 3 rings (SSSR count). The third kappa shape index (κ3) is 2.53. The molecule has 2 atom stereocenters. The van der Waals surface area contributed by atoms with Gasteiger partial charge in [-0.2, -0.15) is 0 Å². The lowest BCUT2D eigenvalue weighted by atomic mass is 9.93. The molecule has 0 saturated carbocycles. The first-order valence-electron chi connectivity index (χ1n) is 6.53. The maximum atomic E-state index is 6.27. The van der Waals surface area contributed by atoms with E-state index in [0.29, 0.717) is 0 Å². The van der Waals surface area contributed by atoms with Crippen molar-refractivity contribution in [3.63, 3.8) is 0 Å². The summed E-state index contributed by atoms with van der Waals surface area (Å²) in [5, 5.41) is 0. The Kier molecular flexibility index (Phi) is 3.68. The minimum absolute atomic E-state index is 0.0155. The van der Waals surface area contributed by atoms with Crippen LogP contribution >= 0.6 is 15.9 Å². The fraction of sp³-hybridized carbons (Fsp3) is 0.250. The second-order valence-corrected chi connectivity index (χ2v) is 5.82. The van der Waals surface area contributed by atoms with Crippen LogP contribution in [0, 0.1) is 0 Å². The highest BCUT2D eigenvalue weighted by Crippen LogP contribution is 2.41. The van der Waals surface area contributed by atoms with Crippen molar-refractivity contribution in [2.45, 2.75) is 18.6 Å². The first-order chi connectivity index (χ1) is 9.67. The van der Waals surface area contributed by atoms with Gasteiger partial charge >= 0.3 is 0 Å². The molecule has 0 bridgehead atoms. The van der Waals surface area contributed by atoms with Crippen LogP contribution in [0.15, 0.2) is 46.9 Å². The van der Waals surface area contributed by atoms with E-state index in [1.165, 1.54) is 0 Å². The van der Waals surface area contributed by atoms with Crippen LogP contribution in [-0.2, 0) is 0 Å². The topological polar surface area (TPSA) is 44.5 Å². The van der Waals surface area contributed by atoms with Gasteiger partial charge in [0.15, 0.2) is 0 Å². The molecule has 4 heteroatoms. The maximum Gasteiger partial charge on any atom is 0.128 e. The van der Waals surface area contributed by atoms with E-state index >= 15 is 0 Å². The first kappa shape index (κ1) is 13.5. The van der Waals surface area contributed by atoms with E-state index in [1.54, 1.807) is 7.11 Å². The standard InChI is InChI=1S/C16H16BrNO2/c1-19-12-6-7-13-14(18)9-15(20-16(13)8-12)10-2-4-11(17)5-3-10/h2-8,14-15H,9,18H2,1H3/t14-,15?/m0/s1. The number of ether oxygens (including phenoxy) is 2. The molecule has 0 fully saturated rings. The number of rotatable bonds is 2. The zero-order chi connectivity index (χ0) is 14.1. The van der Waals surface area contributed by atoms with Crippen LogP contribution < -0.4 is 15.2 Å². The van der Waals surface area contributed by atoms with Crippen molar-refractivity contribution in [3.05, 3.63) is 58.1 Å². The highest BCUT2D eigenvalue weighted by Gasteiger charge is 2.27. The predicted octanol–water partition coefficient (Wildman–Crippen LogP) is 3.98. The quantitative estimate of drug-likeness (QED) is 0.903. The van der Waals surface area contributed by atoms with Crippen LogP contribution in [0.25, 0.3) is 0 Å². The smallest absolute Gasteiger partial charge is 0.128 e. The number of hydrogen-bond acceptors (Lipinski definition) is 3. The fourth-order valence-electron chi connectivity index (χ4n) is 2.49. The Labute approximate surface area is 126 Å². The normalized spacial score (nSPS) is 20.9. The number of hydrogen-bond donors (Lipinski definition) is 1. The largest absolute Gasteiger partial charge is 0.497 e. The second kappa shape index (κ2) is 5.46. The van der Waals surface area contributed by atoms with Crippen LogP contribution in [0.3, 0.4) is 0 Å². The fourth-order valence-corrected chi connectivity index (χ4v) is 2.75. The van der Waals surface area contributed by atoms with Gasteiger partial charge in [0.05, 0.1) is 7.11 Å². The molecule has 0 amide bonds. The molecule has 1 aliphatic rings. The Balaban J connectivity index is 1.92. The summed E-state index contributed by atoms with van der Waals surface area (Å²) >= 11 is 3.44. The summed E-state index contributed by atoms with van der Waals surface area (Å²) in [4.78, 5) is 0. The van der Waals surface area contributed by atoms with E-state index in [0.717, 1.165) is 33.5 Å². The van der Waals surface area contributed by atoms with Crippen molar-refractivity contribution >= 4 is 15.9 Å². The van der Waals surface area contributed by atoms with Crippen LogP contribution in [-0.4, -0.2) is 7.11 Å². The minimum atomic E-state index is -0.0160. The Morgan fingerprint density at radius 1 is 1.20 bits per heavy atom. The molecule has 20 heavy (non-hydrogen) atoms. The summed E-state index contributed by atoms with van der Waals surface area (Å²) in [6.45, 7) is 0. The second-order valence-electron chi connectivity index (χ2n) is 4.90. The predicted molar refractivity (Wildman–Crippen MR) is 82.1 cm³/mol. The van der Waals surface area contributed by atoms with Crippen molar-refractivity contribution in [3.8, 4) is 11.5 Å². The summed E-state index contributed by atoms with van der Waals surface area (Å²) < 4.78 is 12.4. The van der Waals surface area contributed by atoms with Gasteiger partial charge < -0.3 is 15.2 Å². The molecule has 1 unspecified atom stereocenters. The molecule has 2 aromatic rings. The molecular weight excluding hydrogens is 318 g/mol. The van der Waals surface area contributed by atoms with Gasteiger partial charge in [-0.25, -0.2) is 0 Å². The van der Waals surface area contributed by atoms with E-state index in [9.17, 15) is 0 Å². The van der Waals surface area contributed by atoms with E-state index in [-0.39, 0.29) is 12.1 Å². The molecule has 3 nitrogen and oxygen atoms in total. The van der Waals surface area contributed by atoms with Crippen LogP contribution in [0.5, 0.6) is 11.5 Å². The molecular formula is C16H16BrNO2. The highest BCUT2D eigenvalue weighted by atomic mass is 79.9. The molecule has 0 saturated heterocycles. The third-order valence-electron chi connectivity index (χ3n) is 3.60. The molecule has 2 aromatic carbocycles. The van der Waals surface area contributed by atoms with E-state index in [4.69, 9.17) is 15.2 Å². The zero-order valence-corrected chi connectivity index (χ0v) is 12.8. The highest BCUT2D eigenvalue weighted by molar-refractivity contribution is 9.10. The van der Waals surface area contributed by atoms with E-state index in [1.807, 2.05) is 30.3 Å². The van der Waals surface area contributed by atoms with Crippen molar-refractivity contribution < 1.29 is 9.47 Å². The minimum Gasteiger partial charge on any atom is -0.497 e. The molecule has 1 heterocycles. The van der Waals surface area contributed by atoms with Crippen LogP contribution in [0.4, 0.5) is 0 Å². The third-order valence-corrected chi connectivity index (χ3v) is 4.13.